The summed E-state index contributed by atoms with van der Waals surface area (Å²) in [5, 5.41) is 11.7. The third kappa shape index (κ3) is 5.46. The van der Waals surface area contributed by atoms with Crippen molar-refractivity contribution in [3.05, 3.63) is 88.5 Å². The van der Waals surface area contributed by atoms with Gasteiger partial charge in [0, 0.05) is 12.6 Å². The van der Waals surface area contributed by atoms with Crippen LogP contribution in [0.2, 0.25) is 0 Å². The summed E-state index contributed by atoms with van der Waals surface area (Å²) in [5.74, 6) is 0.394. The first kappa shape index (κ1) is 28.1. The molecule has 0 saturated carbocycles. The molecule has 214 valence electrons. The second kappa shape index (κ2) is 11.2. The van der Waals surface area contributed by atoms with Gasteiger partial charge in [-0.05, 0) is 60.2 Å². The first-order valence-corrected chi connectivity index (χ1v) is 13.8. The van der Waals surface area contributed by atoms with Gasteiger partial charge in [-0.15, -0.1) is 0 Å². The Kier molecular flexibility index (Phi) is 7.67. The summed E-state index contributed by atoms with van der Waals surface area (Å²) in [6, 6.07) is 17.5. The van der Waals surface area contributed by atoms with Crippen molar-refractivity contribution in [2.45, 2.75) is 52.6 Å². The Balaban J connectivity index is 1.63. The molecule has 3 aromatic carbocycles. The van der Waals surface area contributed by atoms with E-state index < -0.39 is 17.7 Å². The van der Waals surface area contributed by atoms with Crippen LogP contribution in [0.15, 0.2) is 66.2 Å². The average Bonchev–Trinajstić information content (AvgIpc) is 3.51. The van der Waals surface area contributed by atoms with Gasteiger partial charge in [-0.2, -0.15) is 0 Å². The molecule has 0 bridgehead atoms. The van der Waals surface area contributed by atoms with Crippen LogP contribution >= 0.6 is 0 Å². The van der Waals surface area contributed by atoms with Crippen molar-refractivity contribution in [3.63, 3.8) is 0 Å². The van der Waals surface area contributed by atoms with Crippen molar-refractivity contribution in [2.24, 2.45) is 0 Å². The number of amides is 1. The molecule has 0 aliphatic carbocycles. The van der Waals surface area contributed by atoms with Crippen molar-refractivity contribution in [2.75, 3.05) is 20.0 Å². The van der Waals surface area contributed by atoms with Gasteiger partial charge in [0.15, 0.2) is 11.5 Å². The summed E-state index contributed by atoms with van der Waals surface area (Å²) < 4.78 is 22.4. The summed E-state index contributed by atoms with van der Waals surface area (Å²) in [7, 11) is 0. The molecule has 1 saturated heterocycles. The number of aliphatic hydroxyl groups excluding tert-OH is 1. The topological polar surface area (TPSA) is 94.5 Å². The minimum Gasteiger partial charge on any atom is -0.507 e. The van der Waals surface area contributed by atoms with E-state index in [4.69, 9.17) is 18.9 Å². The van der Waals surface area contributed by atoms with Crippen LogP contribution in [0.5, 0.6) is 23.0 Å². The van der Waals surface area contributed by atoms with Gasteiger partial charge >= 0.3 is 0 Å². The van der Waals surface area contributed by atoms with Crippen LogP contribution in [0.25, 0.3) is 5.76 Å². The molecule has 1 atom stereocenters. The van der Waals surface area contributed by atoms with Crippen molar-refractivity contribution < 1.29 is 33.6 Å². The molecule has 8 nitrogen and oxygen atoms in total. The number of likely N-dealkylation sites (tertiary alicyclic amines) is 1. The van der Waals surface area contributed by atoms with Crippen LogP contribution in [0, 0.1) is 0 Å². The highest BCUT2D eigenvalue weighted by atomic mass is 16.7. The number of hydrogen-bond donors (Lipinski definition) is 1. The molecule has 41 heavy (non-hydrogen) atoms. The highest BCUT2D eigenvalue weighted by molar-refractivity contribution is 6.46. The van der Waals surface area contributed by atoms with Crippen LogP contribution in [-0.2, 0) is 21.5 Å². The van der Waals surface area contributed by atoms with Gasteiger partial charge in [0.05, 0.1) is 30.4 Å². The minimum atomic E-state index is -0.824. The van der Waals surface area contributed by atoms with E-state index >= 15 is 0 Å². The largest absolute Gasteiger partial charge is 0.507 e. The molecule has 0 aromatic heterocycles. The average molecular weight is 558 g/mol. The Hall–Kier alpha value is -4.46. The number of fused-ring (bicyclic) bond motifs is 1. The molecule has 2 heterocycles. The summed E-state index contributed by atoms with van der Waals surface area (Å²) in [6.07, 6.45) is 0. The van der Waals surface area contributed by atoms with Crippen LogP contribution < -0.4 is 18.9 Å². The number of Topliss-reactive ketones (excluding diaryl/α,β-unsaturated/α-hetero) is 1. The Morgan fingerprint density at radius 2 is 1.63 bits per heavy atom. The lowest BCUT2D eigenvalue weighted by Gasteiger charge is -2.27. The molecule has 0 spiro atoms. The van der Waals surface area contributed by atoms with E-state index in [1.807, 2.05) is 44.2 Å². The zero-order valence-electron chi connectivity index (χ0n) is 24.0. The monoisotopic (exact) mass is 557 g/mol. The summed E-state index contributed by atoms with van der Waals surface area (Å²) in [4.78, 5) is 28.7. The number of ether oxygens (including phenoxy) is 4. The Labute approximate surface area is 240 Å². The SMILES string of the molecule is CCOc1ccc(/C(O)=C2\C(=O)C(=O)N(Cc3ccc4c(c3)OCO4)C2c2ccc(C(C)(C)C)cc2)c(OCC)c1. The van der Waals surface area contributed by atoms with Gasteiger partial charge in [0.25, 0.3) is 11.7 Å². The number of benzene rings is 3. The molecular formula is C33H35NO7. The summed E-state index contributed by atoms with van der Waals surface area (Å²) in [5.41, 5.74) is 2.82. The van der Waals surface area contributed by atoms with Crippen molar-refractivity contribution in [3.8, 4) is 23.0 Å². The van der Waals surface area contributed by atoms with E-state index in [-0.39, 0.29) is 30.1 Å². The van der Waals surface area contributed by atoms with E-state index in [0.717, 1.165) is 11.1 Å². The van der Waals surface area contributed by atoms with Gasteiger partial charge in [-0.25, -0.2) is 0 Å². The first-order chi connectivity index (χ1) is 19.6. The lowest BCUT2D eigenvalue weighted by Crippen LogP contribution is -2.29. The third-order valence-electron chi connectivity index (χ3n) is 7.24. The van der Waals surface area contributed by atoms with Crippen LogP contribution in [-0.4, -0.2) is 41.7 Å². The molecule has 1 amide bonds. The number of aliphatic hydroxyl groups is 1. The molecule has 1 N–H and O–H groups in total. The van der Waals surface area contributed by atoms with Crippen molar-refractivity contribution >= 4 is 17.4 Å². The Morgan fingerprint density at radius 3 is 2.32 bits per heavy atom. The highest BCUT2D eigenvalue weighted by Gasteiger charge is 2.46. The van der Waals surface area contributed by atoms with E-state index in [1.54, 1.807) is 30.3 Å². The summed E-state index contributed by atoms with van der Waals surface area (Å²) >= 11 is 0. The maximum absolute atomic E-state index is 13.6. The van der Waals surface area contributed by atoms with Crippen LogP contribution in [0.3, 0.4) is 0 Å². The fraction of sp³-hybridized carbons (Fsp3) is 0.333. The number of ketones is 1. The molecular weight excluding hydrogens is 522 g/mol. The lowest BCUT2D eigenvalue weighted by molar-refractivity contribution is -0.140. The van der Waals surface area contributed by atoms with E-state index in [0.29, 0.717) is 47.3 Å². The number of carbonyl (C=O) groups is 2. The predicted octanol–water partition coefficient (Wildman–Crippen LogP) is 6.13. The normalized spacial score (nSPS) is 17.7. The number of rotatable bonds is 8. The lowest BCUT2D eigenvalue weighted by atomic mass is 9.85. The second-order valence-electron chi connectivity index (χ2n) is 11.0. The van der Waals surface area contributed by atoms with Gasteiger partial charge in [-0.1, -0.05) is 51.1 Å². The predicted molar refractivity (Wildman–Crippen MR) is 154 cm³/mol. The van der Waals surface area contributed by atoms with Gasteiger partial charge < -0.3 is 29.0 Å². The number of hydrogen-bond acceptors (Lipinski definition) is 7. The van der Waals surface area contributed by atoms with Gasteiger partial charge in [-0.3, -0.25) is 9.59 Å². The van der Waals surface area contributed by atoms with Gasteiger partial charge in [0.2, 0.25) is 6.79 Å². The number of nitrogens with zero attached hydrogens (tertiary/aromatic N) is 1. The summed E-state index contributed by atoms with van der Waals surface area (Å²) in [6.45, 7) is 11.1. The standard InChI is InChI=1S/C33H35NO7/c1-6-38-23-13-14-24(26(17-23)39-7-2)30(35)28-29(21-9-11-22(12-10-21)33(3,4)5)34(32(37)31(28)36)18-20-8-15-25-27(16-20)41-19-40-25/h8-17,29,35H,6-7,18-19H2,1-5H3/b30-28+. The molecule has 2 aliphatic heterocycles. The molecule has 1 unspecified atom stereocenters. The molecule has 5 rings (SSSR count). The van der Waals surface area contributed by atoms with E-state index in [9.17, 15) is 14.7 Å². The zero-order valence-corrected chi connectivity index (χ0v) is 24.0. The number of carbonyl (C=O) groups excluding carboxylic acids is 2. The van der Waals surface area contributed by atoms with E-state index in [2.05, 4.69) is 20.8 Å². The molecule has 2 aliphatic rings. The zero-order chi connectivity index (χ0) is 29.3. The fourth-order valence-electron chi connectivity index (χ4n) is 5.17. The molecule has 1 fully saturated rings. The fourth-order valence-corrected chi connectivity index (χ4v) is 5.17. The van der Waals surface area contributed by atoms with Crippen molar-refractivity contribution in [1.29, 1.82) is 0 Å². The molecule has 8 heteroatoms. The quantitative estimate of drug-likeness (QED) is 0.202. The first-order valence-electron chi connectivity index (χ1n) is 13.8. The third-order valence-corrected chi connectivity index (χ3v) is 7.24. The Morgan fingerprint density at radius 1 is 0.927 bits per heavy atom. The van der Waals surface area contributed by atoms with E-state index in [1.165, 1.54) is 4.90 Å². The van der Waals surface area contributed by atoms with Gasteiger partial charge in [0.1, 0.15) is 17.3 Å². The maximum atomic E-state index is 13.6. The van der Waals surface area contributed by atoms with Crippen LogP contribution in [0.4, 0.5) is 0 Å². The molecule has 3 aromatic rings. The highest BCUT2D eigenvalue weighted by Crippen LogP contribution is 2.43. The Bertz CT molecular complexity index is 1500. The van der Waals surface area contributed by atoms with Crippen molar-refractivity contribution in [1.82, 2.24) is 4.90 Å². The molecule has 0 radical (unpaired) electrons. The smallest absolute Gasteiger partial charge is 0.295 e. The minimum absolute atomic E-state index is 0.00404. The second-order valence-corrected chi connectivity index (χ2v) is 11.0. The van der Waals surface area contributed by atoms with Crippen LogP contribution in [0.1, 0.15) is 62.9 Å². The maximum Gasteiger partial charge on any atom is 0.295 e.